The molecule has 14 heteroatoms. The fourth-order valence-electron chi connectivity index (χ4n) is 4.48. The first kappa shape index (κ1) is 35.9. The monoisotopic (exact) mass is 616 g/mol. The summed E-state index contributed by atoms with van der Waals surface area (Å²) >= 11 is 0. The molecule has 0 aromatic heterocycles. The van der Waals surface area contributed by atoms with Gasteiger partial charge in [0.15, 0.2) is 0 Å². The first-order chi connectivity index (χ1) is 20.4. The topological polar surface area (TPSA) is 194 Å². The van der Waals surface area contributed by atoms with Gasteiger partial charge in [-0.05, 0) is 37.4 Å². The predicted octanol–water partition coefficient (Wildman–Crippen LogP) is -0.366. The molecule has 0 aliphatic carbocycles. The van der Waals surface area contributed by atoms with Crippen molar-refractivity contribution in [2.45, 2.75) is 59.7 Å². The third-order valence-corrected chi connectivity index (χ3v) is 7.28. The highest BCUT2D eigenvalue weighted by Crippen LogP contribution is 2.21. The van der Waals surface area contributed by atoms with E-state index in [1.165, 1.54) is 31.2 Å². The van der Waals surface area contributed by atoms with Crippen molar-refractivity contribution in [3.8, 4) is 0 Å². The highest BCUT2D eigenvalue weighted by Gasteiger charge is 2.36. The van der Waals surface area contributed by atoms with Crippen LogP contribution in [-0.4, -0.2) is 114 Å². The van der Waals surface area contributed by atoms with Crippen LogP contribution in [0.15, 0.2) is 24.3 Å². The van der Waals surface area contributed by atoms with Crippen LogP contribution < -0.4 is 21.3 Å². The van der Waals surface area contributed by atoms with E-state index in [0.717, 1.165) is 0 Å². The van der Waals surface area contributed by atoms with E-state index in [1.54, 1.807) is 39.5 Å². The molecule has 1 aliphatic heterocycles. The van der Waals surface area contributed by atoms with Gasteiger partial charge in [0.05, 0.1) is 23.7 Å². The van der Waals surface area contributed by atoms with Crippen molar-refractivity contribution >= 4 is 41.3 Å². The standard InChI is InChI=1S/C30H44N6O8/c1-17(2)22(23(38)27(41)31-16-21(37)36-14-12-35(7)13-15-36)33-25(39)18(3)32-28(42)24(30(4,5)6)34-26(40)19-10-8-9-11-20(19)29(43)44/h8-11,17-18,22,24H,12-16H2,1-7H3,(H,31,41)(H,32,42)(H,33,39)(H,34,40)(H,43,44). The Kier molecular flexibility index (Phi) is 12.6. The van der Waals surface area contributed by atoms with Crippen LogP contribution in [0.3, 0.4) is 0 Å². The molecule has 0 spiro atoms. The molecule has 3 atom stereocenters. The Morgan fingerprint density at radius 1 is 0.841 bits per heavy atom. The van der Waals surface area contributed by atoms with Crippen LogP contribution >= 0.6 is 0 Å². The van der Waals surface area contributed by atoms with E-state index < -0.39 is 64.8 Å². The summed E-state index contributed by atoms with van der Waals surface area (Å²) in [5.41, 5.74) is -1.21. The zero-order valence-corrected chi connectivity index (χ0v) is 26.4. The Labute approximate surface area is 257 Å². The normalized spacial score (nSPS) is 15.9. The Morgan fingerprint density at radius 3 is 1.93 bits per heavy atom. The van der Waals surface area contributed by atoms with Crippen molar-refractivity contribution < 1.29 is 38.7 Å². The number of nitrogens with zero attached hydrogens (tertiary/aromatic N) is 2. The quantitative estimate of drug-likeness (QED) is 0.195. The second-order valence-electron chi connectivity index (χ2n) is 12.3. The highest BCUT2D eigenvalue weighted by atomic mass is 16.4. The molecule has 1 aromatic carbocycles. The number of carboxylic acids is 1. The van der Waals surface area contributed by atoms with Gasteiger partial charge in [0.2, 0.25) is 23.5 Å². The van der Waals surface area contributed by atoms with E-state index in [0.29, 0.717) is 26.2 Å². The van der Waals surface area contributed by atoms with E-state index in [1.807, 2.05) is 7.05 Å². The maximum Gasteiger partial charge on any atom is 0.336 e. The largest absolute Gasteiger partial charge is 0.478 e. The van der Waals surface area contributed by atoms with Gasteiger partial charge < -0.3 is 36.2 Å². The molecule has 0 radical (unpaired) electrons. The summed E-state index contributed by atoms with van der Waals surface area (Å²) in [6, 6.07) is 2.00. The van der Waals surface area contributed by atoms with Gasteiger partial charge in [0, 0.05) is 26.2 Å². The number of rotatable bonds is 12. The van der Waals surface area contributed by atoms with Crippen LogP contribution in [0.5, 0.6) is 0 Å². The number of hydrogen-bond donors (Lipinski definition) is 5. The Hall–Kier alpha value is -4.33. The first-order valence-corrected chi connectivity index (χ1v) is 14.5. The number of aromatic carboxylic acids is 1. The third kappa shape index (κ3) is 9.86. The lowest BCUT2D eigenvalue weighted by Crippen LogP contribution is -2.59. The van der Waals surface area contributed by atoms with Gasteiger partial charge in [0.25, 0.3) is 11.8 Å². The molecular weight excluding hydrogens is 572 g/mol. The molecule has 1 saturated heterocycles. The highest BCUT2D eigenvalue weighted by molar-refractivity contribution is 6.38. The number of hydrogen-bond acceptors (Lipinski definition) is 8. The number of carbonyl (C=O) groups excluding carboxylic acids is 6. The van der Waals surface area contributed by atoms with Crippen molar-refractivity contribution in [3.05, 3.63) is 35.4 Å². The summed E-state index contributed by atoms with van der Waals surface area (Å²) in [7, 11) is 1.94. The summed E-state index contributed by atoms with van der Waals surface area (Å²) in [5, 5.41) is 19.4. The lowest BCUT2D eigenvalue weighted by Gasteiger charge is -2.32. The lowest BCUT2D eigenvalue weighted by atomic mass is 9.85. The molecule has 3 unspecified atom stereocenters. The number of Topliss-reactive ketones (excluding diaryl/α,β-unsaturated/α-hetero) is 1. The molecule has 5 N–H and O–H groups in total. The molecule has 14 nitrogen and oxygen atoms in total. The van der Waals surface area contributed by atoms with Gasteiger partial charge in [-0.25, -0.2) is 4.79 Å². The molecule has 2 rings (SSSR count). The molecule has 0 saturated carbocycles. The molecule has 242 valence electrons. The van der Waals surface area contributed by atoms with E-state index in [4.69, 9.17) is 0 Å². The summed E-state index contributed by atoms with van der Waals surface area (Å²) in [6.45, 7) is 11.8. The van der Waals surface area contributed by atoms with Gasteiger partial charge in [-0.1, -0.05) is 46.8 Å². The second kappa shape index (κ2) is 15.4. The Balaban J connectivity index is 2.03. The number of likely N-dealkylation sites (N-methyl/N-ethyl adjacent to an activating group) is 1. The van der Waals surface area contributed by atoms with Crippen molar-refractivity contribution in [3.63, 3.8) is 0 Å². The van der Waals surface area contributed by atoms with Crippen molar-refractivity contribution in [1.29, 1.82) is 0 Å². The van der Waals surface area contributed by atoms with Crippen LogP contribution in [0.25, 0.3) is 0 Å². The fraction of sp³-hybridized carbons (Fsp3) is 0.567. The van der Waals surface area contributed by atoms with Gasteiger partial charge >= 0.3 is 5.97 Å². The average Bonchev–Trinajstić information content (AvgIpc) is 2.95. The minimum Gasteiger partial charge on any atom is -0.478 e. The summed E-state index contributed by atoms with van der Waals surface area (Å²) < 4.78 is 0. The van der Waals surface area contributed by atoms with E-state index >= 15 is 0 Å². The zero-order chi connectivity index (χ0) is 33.4. The van der Waals surface area contributed by atoms with Crippen LogP contribution in [0.4, 0.5) is 0 Å². The minimum atomic E-state index is -1.30. The van der Waals surface area contributed by atoms with E-state index in [-0.39, 0.29) is 23.6 Å². The molecule has 1 fully saturated rings. The maximum absolute atomic E-state index is 13.3. The predicted molar refractivity (Wildman–Crippen MR) is 161 cm³/mol. The minimum absolute atomic E-state index is 0.130. The summed E-state index contributed by atoms with van der Waals surface area (Å²) in [6.07, 6.45) is 0. The summed E-state index contributed by atoms with van der Waals surface area (Å²) in [4.78, 5) is 92.5. The van der Waals surface area contributed by atoms with Gasteiger partial charge in [-0.15, -0.1) is 0 Å². The molecule has 44 heavy (non-hydrogen) atoms. The number of ketones is 1. The number of amides is 5. The number of piperazine rings is 1. The van der Waals surface area contributed by atoms with Crippen LogP contribution in [0.2, 0.25) is 0 Å². The number of benzene rings is 1. The van der Waals surface area contributed by atoms with Crippen LogP contribution in [-0.2, 0) is 24.0 Å². The molecule has 1 aliphatic rings. The number of carbonyl (C=O) groups is 7. The lowest BCUT2D eigenvalue weighted by molar-refractivity contribution is -0.142. The number of carboxylic acid groups (broad SMARTS) is 1. The molecule has 1 aromatic rings. The van der Waals surface area contributed by atoms with Crippen molar-refractivity contribution in [2.75, 3.05) is 39.8 Å². The number of nitrogens with one attached hydrogen (secondary N) is 4. The van der Waals surface area contributed by atoms with Gasteiger partial charge in [0.1, 0.15) is 12.1 Å². The Morgan fingerprint density at radius 2 is 1.41 bits per heavy atom. The van der Waals surface area contributed by atoms with Crippen molar-refractivity contribution in [1.82, 2.24) is 31.1 Å². The second-order valence-corrected chi connectivity index (χ2v) is 12.3. The molecular formula is C30H44N6O8. The van der Waals surface area contributed by atoms with Crippen molar-refractivity contribution in [2.24, 2.45) is 11.3 Å². The van der Waals surface area contributed by atoms with Gasteiger partial charge in [-0.3, -0.25) is 28.8 Å². The SMILES string of the molecule is CC(NC(=O)C(NC(=O)c1ccccc1C(=O)O)C(C)(C)C)C(=O)NC(C(=O)C(=O)NCC(=O)N1CCN(C)CC1)C(C)C. The Bertz CT molecular complexity index is 1270. The molecule has 1 heterocycles. The van der Waals surface area contributed by atoms with Crippen LogP contribution in [0.1, 0.15) is 62.3 Å². The van der Waals surface area contributed by atoms with Gasteiger partial charge in [-0.2, -0.15) is 0 Å². The zero-order valence-electron chi connectivity index (χ0n) is 26.4. The third-order valence-electron chi connectivity index (χ3n) is 7.28. The maximum atomic E-state index is 13.3. The fourth-order valence-corrected chi connectivity index (χ4v) is 4.48. The smallest absolute Gasteiger partial charge is 0.336 e. The van der Waals surface area contributed by atoms with E-state index in [2.05, 4.69) is 26.2 Å². The molecule has 0 bridgehead atoms. The first-order valence-electron chi connectivity index (χ1n) is 14.5. The summed E-state index contributed by atoms with van der Waals surface area (Å²) in [5.74, 6) is -6.30. The van der Waals surface area contributed by atoms with Crippen LogP contribution in [0, 0.1) is 11.3 Å². The molecule has 5 amide bonds. The van der Waals surface area contributed by atoms with E-state index in [9.17, 15) is 38.7 Å². The average molecular weight is 617 g/mol.